The largest absolute Gasteiger partial charge is 0.494 e. The van der Waals surface area contributed by atoms with Crippen LogP contribution in [0.4, 0.5) is 5.95 Å². The van der Waals surface area contributed by atoms with E-state index in [4.69, 9.17) is 14.2 Å². The quantitative estimate of drug-likeness (QED) is 0.328. The van der Waals surface area contributed by atoms with Crippen LogP contribution in [-0.4, -0.2) is 64.7 Å². The lowest BCUT2D eigenvalue weighted by atomic mass is 10.2. The van der Waals surface area contributed by atoms with E-state index in [1.54, 1.807) is 62.6 Å². The maximum atomic E-state index is 13.4. The zero-order valence-corrected chi connectivity index (χ0v) is 21.9. The van der Waals surface area contributed by atoms with Gasteiger partial charge in [0.15, 0.2) is 5.82 Å². The molecule has 0 amide bonds. The molecule has 1 aromatic carbocycles. The fraction of sp³-hybridized carbons (Fsp3) is 0.292. The first-order valence-corrected chi connectivity index (χ1v) is 12.8. The summed E-state index contributed by atoms with van der Waals surface area (Å²) in [5.74, 6) is 1.97. The Morgan fingerprint density at radius 3 is 2.22 bits per heavy atom. The van der Waals surface area contributed by atoms with Gasteiger partial charge in [-0.25, -0.2) is 23.4 Å². The standard InChI is InChI=1S/C24H27N7O5S/c1-15(12-17-13-25-16(2)26-14-17)37(32,33)30-24-29-28-23(18-8-6-11-21(27-18)36-5)31(24)22-19(34-3)9-7-10-20(22)35-4/h6-11,13-15H,12H2,1-5H3,(H,29,30)/t15-/m0/s1. The zero-order chi connectivity index (χ0) is 26.6. The van der Waals surface area contributed by atoms with Crippen molar-refractivity contribution < 1.29 is 22.6 Å². The average Bonchev–Trinajstić information content (AvgIpc) is 3.31. The third kappa shape index (κ3) is 5.45. The molecule has 0 spiro atoms. The van der Waals surface area contributed by atoms with Crippen LogP contribution >= 0.6 is 0 Å². The van der Waals surface area contributed by atoms with E-state index in [2.05, 4.69) is 29.9 Å². The normalized spacial score (nSPS) is 12.1. The van der Waals surface area contributed by atoms with Crippen LogP contribution in [0.1, 0.15) is 18.3 Å². The fourth-order valence-electron chi connectivity index (χ4n) is 3.63. The molecule has 0 aliphatic carbocycles. The van der Waals surface area contributed by atoms with Crippen LogP contribution in [0.25, 0.3) is 17.2 Å². The summed E-state index contributed by atoms with van der Waals surface area (Å²) < 4.78 is 47.3. The van der Waals surface area contributed by atoms with Crippen LogP contribution in [-0.2, 0) is 16.4 Å². The molecule has 0 radical (unpaired) electrons. The van der Waals surface area contributed by atoms with Crippen LogP contribution in [0.5, 0.6) is 17.4 Å². The monoisotopic (exact) mass is 525 g/mol. The van der Waals surface area contributed by atoms with E-state index in [9.17, 15) is 8.42 Å². The van der Waals surface area contributed by atoms with Crippen molar-refractivity contribution in [2.45, 2.75) is 25.5 Å². The van der Waals surface area contributed by atoms with E-state index in [0.717, 1.165) is 0 Å². The highest BCUT2D eigenvalue weighted by Crippen LogP contribution is 2.37. The first-order chi connectivity index (χ1) is 17.8. The molecular weight excluding hydrogens is 498 g/mol. The van der Waals surface area contributed by atoms with Crippen molar-refractivity contribution in [2.24, 2.45) is 0 Å². The van der Waals surface area contributed by atoms with Crippen LogP contribution in [0, 0.1) is 6.92 Å². The number of pyridine rings is 1. The van der Waals surface area contributed by atoms with Crippen molar-refractivity contribution in [3.8, 4) is 34.6 Å². The van der Waals surface area contributed by atoms with Gasteiger partial charge in [-0.2, -0.15) is 0 Å². The summed E-state index contributed by atoms with van der Waals surface area (Å²) in [6, 6.07) is 10.3. The molecule has 0 saturated carbocycles. The van der Waals surface area contributed by atoms with Crippen molar-refractivity contribution in [1.29, 1.82) is 0 Å². The van der Waals surface area contributed by atoms with Crippen LogP contribution in [0.15, 0.2) is 48.8 Å². The molecule has 4 aromatic rings. The summed E-state index contributed by atoms with van der Waals surface area (Å²) >= 11 is 0. The van der Waals surface area contributed by atoms with E-state index in [1.165, 1.54) is 25.9 Å². The van der Waals surface area contributed by atoms with Gasteiger partial charge in [-0.1, -0.05) is 12.1 Å². The smallest absolute Gasteiger partial charge is 0.243 e. The van der Waals surface area contributed by atoms with Crippen LogP contribution in [0.3, 0.4) is 0 Å². The van der Waals surface area contributed by atoms with Crippen molar-refractivity contribution >= 4 is 16.0 Å². The van der Waals surface area contributed by atoms with E-state index in [1.807, 2.05) is 0 Å². The number of aryl methyl sites for hydroxylation is 1. The van der Waals surface area contributed by atoms with Crippen molar-refractivity contribution in [3.05, 3.63) is 60.2 Å². The summed E-state index contributed by atoms with van der Waals surface area (Å²) in [4.78, 5) is 12.7. The highest BCUT2D eigenvalue weighted by Gasteiger charge is 2.28. The fourth-order valence-corrected chi connectivity index (χ4v) is 4.63. The Labute approximate surface area is 214 Å². The van der Waals surface area contributed by atoms with Gasteiger partial charge in [0.2, 0.25) is 21.9 Å². The number of aromatic nitrogens is 6. The topological polar surface area (TPSA) is 143 Å². The maximum absolute atomic E-state index is 13.4. The van der Waals surface area contributed by atoms with Gasteiger partial charge < -0.3 is 14.2 Å². The summed E-state index contributed by atoms with van der Waals surface area (Å²) in [5, 5.41) is 7.60. The number of sulfonamides is 1. The first-order valence-electron chi connectivity index (χ1n) is 11.2. The molecule has 0 unspecified atom stereocenters. The number of nitrogens with zero attached hydrogens (tertiary/aromatic N) is 6. The Kier molecular flexibility index (Phi) is 7.53. The summed E-state index contributed by atoms with van der Waals surface area (Å²) in [6.07, 6.45) is 3.43. The van der Waals surface area contributed by atoms with Gasteiger partial charge in [0.1, 0.15) is 28.7 Å². The number of hydrogen-bond donors (Lipinski definition) is 1. The Bertz CT molecular complexity index is 1470. The van der Waals surface area contributed by atoms with E-state index in [-0.39, 0.29) is 18.2 Å². The summed E-state index contributed by atoms with van der Waals surface area (Å²) in [7, 11) is 0.575. The van der Waals surface area contributed by atoms with Gasteiger partial charge in [-0.15, -0.1) is 10.2 Å². The lowest BCUT2D eigenvalue weighted by Gasteiger charge is -2.19. The predicted octanol–water partition coefficient (Wildman–Crippen LogP) is 2.83. The van der Waals surface area contributed by atoms with Crippen LogP contribution in [0.2, 0.25) is 0 Å². The van der Waals surface area contributed by atoms with Gasteiger partial charge in [0.05, 0.1) is 26.6 Å². The van der Waals surface area contributed by atoms with Crippen molar-refractivity contribution in [3.63, 3.8) is 0 Å². The SMILES string of the molecule is COc1cccc(-c2nnc(NS(=O)(=O)[C@@H](C)Cc3cnc(C)nc3)n2-c2c(OC)cccc2OC)n1. The Morgan fingerprint density at radius 1 is 0.946 bits per heavy atom. The molecule has 12 nitrogen and oxygen atoms in total. The Morgan fingerprint density at radius 2 is 1.59 bits per heavy atom. The molecule has 1 atom stereocenters. The second kappa shape index (κ2) is 10.8. The van der Waals surface area contributed by atoms with Crippen LogP contribution < -0.4 is 18.9 Å². The van der Waals surface area contributed by atoms with Gasteiger partial charge in [0.25, 0.3) is 0 Å². The van der Waals surface area contributed by atoms with Gasteiger partial charge in [0, 0.05) is 18.5 Å². The van der Waals surface area contributed by atoms with E-state index in [0.29, 0.717) is 40.1 Å². The van der Waals surface area contributed by atoms with Crippen molar-refractivity contribution in [1.82, 2.24) is 29.7 Å². The molecule has 0 saturated heterocycles. The second-order valence-electron chi connectivity index (χ2n) is 8.06. The third-order valence-corrected chi connectivity index (χ3v) is 7.26. The molecule has 37 heavy (non-hydrogen) atoms. The molecule has 3 heterocycles. The lowest BCUT2D eigenvalue weighted by Crippen LogP contribution is -2.28. The minimum absolute atomic E-state index is 0.0607. The first kappa shape index (κ1) is 25.8. The number of methoxy groups -OCH3 is 3. The number of para-hydroxylation sites is 1. The predicted molar refractivity (Wildman–Crippen MR) is 137 cm³/mol. The molecule has 0 bridgehead atoms. The third-order valence-electron chi connectivity index (χ3n) is 5.57. The number of hydrogen-bond acceptors (Lipinski definition) is 10. The highest BCUT2D eigenvalue weighted by molar-refractivity contribution is 7.93. The number of ether oxygens (including phenoxy) is 3. The molecular formula is C24H27N7O5S. The number of rotatable bonds is 10. The summed E-state index contributed by atoms with van der Waals surface area (Å²) in [5.41, 5.74) is 1.49. The molecule has 194 valence electrons. The second-order valence-corrected chi connectivity index (χ2v) is 10.2. The Balaban J connectivity index is 1.82. The molecule has 0 fully saturated rings. The van der Waals surface area contributed by atoms with Gasteiger partial charge in [-0.05, 0) is 44.0 Å². The van der Waals surface area contributed by atoms with E-state index < -0.39 is 15.3 Å². The number of anilines is 1. The molecule has 1 N–H and O–H groups in total. The molecule has 0 aliphatic heterocycles. The minimum Gasteiger partial charge on any atom is -0.494 e. The molecule has 4 rings (SSSR count). The minimum atomic E-state index is -3.93. The van der Waals surface area contributed by atoms with E-state index >= 15 is 0 Å². The Hall–Kier alpha value is -4.26. The summed E-state index contributed by atoms with van der Waals surface area (Å²) in [6.45, 7) is 3.36. The van der Waals surface area contributed by atoms with Crippen molar-refractivity contribution in [2.75, 3.05) is 26.1 Å². The maximum Gasteiger partial charge on any atom is 0.243 e. The van der Waals surface area contributed by atoms with Gasteiger partial charge in [-0.3, -0.25) is 9.29 Å². The number of benzene rings is 1. The number of nitrogens with one attached hydrogen (secondary N) is 1. The molecule has 13 heteroatoms. The molecule has 3 aromatic heterocycles. The highest BCUT2D eigenvalue weighted by atomic mass is 32.2. The average molecular weight is 526 g/mol. The van der Waals surface area contributed by atoms with Gasteiger partial charge >= 0.3 is 0 Å². The lowest BCUT2D eigenvalue weighted by molar-refractivity contribution is 0.391. The molecule has 0 aliphatic rings. The zero-order valence-electron chi connectivity index (χ0n) is 21.0.